The lowest BCUT2D eigenvalue weighted by Gasteiger charge is -2.27. The van der Waals surface area contributed by atoms with Crippen molar-refractivity contribution in [3.05, 3.63) is 29.8 Å². The van der Waals surface area contributed by atoms with Crippen LogP contribution >= 0.6 is 0 Å². The van der Waals surface area contributed by atoms with E-state index in [1.54, 1.807) is 0 Å². The van der Waals surface area contributed by atoms with E-state index in [1.807, 2.05) is 12.1 Å². The van der Waals surface area contributed by atoms with E-state index in [2.05, 4.69) is 16.9 Å². The van der Waals surface area contributed by atoms with Crippen molar-refractivity contribution in [2.45, 2.75) is 43.0 Å². The van der Waals surface area contributed by atoms with Gasteiger partial charge in [-0.05, 0) is 30.4 Å². The standard InChI is InChI=1S/C13H17NOS/c15-16-12-9-5-4-8-11(12)13(14-16)10-6-2-1-3-7-10/h4-5,8-10,13-14H,1-3,6-7H2/t13-,16?/m1/s1. The van der Waals surface area contributed by atoms with Crippen LogP contribution in [-0.2, 0) is 11.0 Å². The molecular formula is C13H17NOS. The lowest BCUT2D eigenvalue weighted by Crippen LogP contribution is -2.25. The first-order chi connectivity index (χ1) is 7.86. The summed E-state index contributed by atoms with van der Waals surface area (Å²) >= 11 is 0. The fraction of sp³-hybridized carbons (Fsp3) is 0.538. The number of hydrogen-bond donors (Lipinski definition) is 1. The van der Waals surface area contributed by atoms with Crippen LogP contribution in [-0.4, -0.2) is 4.21 Å². The SMILES string of the molecule is O=S1N[C@H](C2CCCCC2)c2ccccc21. The Balaban J connectivity index is 1.90. The predicted molar refractivity (Wildman–Crippen MR) is 65.3 cm³/mol. The highest BCUT2D eigenvalue weighted by Gasteiger charge is 2.33. The molecule has 16 heavy (non-hydrogen) atoms. The van der Waals surface area contributed by atoms with Gasteiger partial charge < -0.3 is 0 Å². The molecule has 86 valence electrons. The second kappa shape index (κ2) is 4.30. The molecule has 1 fully saturated rings. The van der Waals surface area contributed by atoms with Gasteiger partial charge in [-0.25, -0.2) is 8.93 Å². The Kier molecular flexibility index (Phi) is 2.82. The van der Waals surface area contributed by atoms with E-state index >= 15 is 0 Å². The summed E-state index contributed by atoms with van der Waals surface area (Å²) in [6.07, 6.45) is 6.59. The summed E-state index contributed by atoms with van der Waals surface area (Å²) in [6.45, 7) is 0. The molecule has 1 unspecified atom stereocenters. The Bertz CT molecular complexity index is 412. The molecule has 1 aliphatic heterocycles. The normalized spacial score (nSPS) is 30.2. The van der Waals surface area contributed by atoms with Gasteiger partial charge in [-0.1, -0.05) is 37.5 Å². The average molecular weight is 235 g/mol. The summed E-state index contributed by atoms with van der Waals surface area (Å²) in [4.78, 5) is 0.998. The molecule has 0 radical (unpaired) electrons. The zero-order chi connectivity index (χ0) is 11.0. The minimum absolute atomic E-state index is 0.331. The van der Waals surface area contributed by atoms with Crippen LogP contribution in [0.3, 0.4) is 0 Å². The van der Waals surface area contributed by atoms with E-state index in [9.17, 15) is 4.21 Å². The fourth-order valence-corrected chi connectivity index (χ4v) is 4.25. The molecule has 0 bridgehead atoms. The van der Waals surface area contributed by atoms with Crippen molar-refractivity contribution in [2.75, 3.05) is 0 Å². The third-order valence-corrected chi connectivity index (χ3v) is 5.05. The van der Waals surface area contributed by atoms with Crippen LogP contribution in [0.15, 0.2) is 29.2 Å². The van der Waals surface area contributed by atoms with E-state index in [-0.39, 0.29) is 0 Å². The maximum absolute atomic E-state index is 11.9. The molecule has 2 atom stereocenters. The molecule has 1 N–H and O–H groups in total. The van der Waals surface area contributed by atoms with Gasteiger partial charge in [-0.15, -0.1) is 0 Å². The summed E-state index contributed by atoms with van der Waals surface area (Å²) in [6, 6.07) is 8.48. The summed E-state index contributed by atoms with van der Waals surface area (Å²) in [5.41, 5.74) is 1.27. The van der Waals surface area contributed by atoms with Crippen LogP contribution in [0.25, 0.3) is 0 Å². The predicted octanol–water partition coefficient (Wildman–Crippen LogP) is 2.93. The van der Waals surface area contributed by atoms with Gasteiger partial charge in [0.05, 0.1) is 4.90 Å². The van der Waals surface area contributed by atoms with Crippen molar-refractivity contribution in [3.63, 3.8) is 0 Å². The third kappa shape index (κ3) is 1.72. The number of nitrogens with one attached hydrogen (secondary N) is 1. The van der Waals surface area contributed by atoms with Gasteiger partial charge in [0, 0.05) is 6.04 Å². The lowest BCUT2D eigenvalue weighted by molar-refractivity contribution is 0.298. The summed E-state index contributed by atoms with van der Waals surface area (Å²) in [5.74, 6) is 0.682. The van der Waals surface area contributed by atoms with Crippen LogP contribution in [0.1, 0.15) is 43.7 Å². The molecule has 1 saturated carbocycles. The molecule has 3 heteroatoms. The number of rotatable bonds is 1. The number of fused-ring (bicyclic) bond motifs is 1. The monoisotopic (exact) mass is 235 g/mol. The molecule has 0 aromatic heterocycles. The first-order valence-corrected chi connectivity index (χ1v) is 7.28. The summed E-state index contributed by atoms with van der Waals surface area (Å²) < 4.78 is 15.2. The summed E-state index contributed by atoms with van der Waals surface area (Å²) in [5, 5.41) is 0. The first-order valence-electron chi connectivity index (χ1n) is 6.13. The largest absolute Gasteiger partial charge is 0.237 e. The topological polar surface area (TPSA) is 29.1 Å². The van der Waals surface area contributed by atoms with Crippen molar-refractivity contribution < 1.29 is 4.21 Å². The van der Waals surface area contributed by atoms with Crippen molar-refractivity contribution in [3.8, 4) is 0 Å². The maximum Gasteiger partial charge on any atom is 0.125 e. The minimum atomic E-state index is -0.980. The molecular weight excluding hydrogens is 218 g/mol. The van der Waals surface area contributed by atoms with E-state index < -0.39 is 11.0 Å². The minimum Gasteiger partial charge on any atom is -0.237 e. The number of hydrogen-bond acceptors (Lipinski definition) is 1. The Morgan fingerprint density at radius 3 is 2.69 bits per heavy atom. The molecule has 2 aliphatic rings. The van der Waals surface area contributed by atoms with Crippen LogP contribution in [0, 0.1) is 5.92 Å². The molecule has 0 amide bonds. The van der Waals surface area contributed by atoms with Crippen molar-refractivity contribution in [1.29, 1.82) is 0 Å². The van der Waals surface area contributed by atoms with Crippen LogP contribution < -0.4 is 4.72 Å². The van der Waals surface area contributed by atoms with Gasteiger partial charge in [-0.2, -0.15) is 0 Å². The van der Waals surface area contributed by atoms with Gasteiger partial charge in [0.25, 0.3) is 0 Å². The average Bonchev–Trinajstić information content (AvgIpc) is 2.69. The molecule has 0 saturated heterocycles. The molecule has 0 spiro atoms. The molecule has 1 aromatic rings. The number of benzene rings is 1. The van der Waals surface area contributed by atoms with Gasteiger partial charge in [0.1, 0.15) is 11.0 Å². The van der Waals surface area contributed by atoms with Gasteiger partial charge in [-0.3, -0.25) is 0 Å². The van der Waals surface area contributed by atoms with Crippen LogP contribution in [0.5, 0.6) is 0 Å². The zero-order valence-corrected chi connectivity index (χ0v) is 10.1. The highest BCUT2D eigenvalue weighted by Crippen LogP contribution is 2.39. The van der Waals surface area contributed by atoms with E-state index in [0.29, 0.717) is 12.0 Å². The van der Waals surface area contributed by atoms with Gasteiger partial charge in [0.15, 0.2) is 0 Å². The van der Waals surface area contributed by atoms with Crippen molar-refractivity contribution in [1.82, 2.24) is 4.72 Å². The van der Waals surface area contributed by atoms with Crippen molar-refractivity contribution in [2.24, 2.45) is 5.92 Å². The third-order valence-electron chi connectivity index (χ3n) is 3.81. The van der Waals surface area contributed by atoms with Gasteiger partial charge in [0.2, 0.25) is 0 Å². The van der Waals surface area contributed by atoms with Crippen molar-refractivity contribution >= 4 is 11.0 Å². The molecule has 1 aromatic carbocycles. The first kappa shape index (κ1) is 10.5. The Morgan fingerprint density at radius 1 is 1.12 bits per heavy atom. The highest BCUT2D eigenvalue weighted by atomic mass is 32.2. The lowest BCUT2D eigenvalue weighted by atomic mass is 9.82. The quantitative estimate of drug-likeness (QED) is 0.796. The Hall–Kier alpha value is -0.670. The molecule has 1 heterocycles. The van der Waals surface area contributed by atoms with Crippen LogP contribution in [0.2, 0.25) is 0 Å². The maximum atomic E-state index is 11.9. The second-order valence-electron chi connectivity index (χ2n) is 4.80. The summed E-state index contributed by atoms with van der Waals surface area (Å²) in [7, 11) is -0.980. The molecule has 2 nitrogen and oxygen atoms in total. The Labute approximate surface area is 99.0 Å². The van der Waals surface area contributed by atoms with E-state index in [4.69, 9.17) is 0 Å². The molecule has 1 aliphatic carbocycles. The highest BCUT2D eigenvalue weighted by molar-refractivity contribution is 7.83. The molecule has 3 rings (SSSR count). The van der Waals surface area contributed by atoms with Gasteiger partial charge >= 0.3 is 0 Å². The van der Waals surface area contributed by atoms with E-state index in [0.717, 1.165) is 4.90 Å². The van der Waals surface area contributed by atoms with Crippen LogP contribution in [0.4, 0.5) is 0 Å². The smallest absolute Gasteiger partial charge is 0.125 e. The Morgan fingerprint density at radius 2 is 1.88 bits per heavy atom. The second-order valence-corrected chi connectivity index (χ2v) is 6.01. The van der Waals surface area contributed by atoms with E-state index in [1.165, 1.54) is 37.7 Å². The zero-order valence-electron chi connectivity index (χ0n) is 9.32. The fourth-order valence-electron chi connectivity index (χ4n) is 2.97.